The topological polar surface area (TPSA) is 93.6 Å². The van der Waals surface area contributed by atoms with E-state index in [4.69, 9.17) is 4.74 Å². The summed E-state index contributed by atoms with van der Waals surface area (Å²) in [6.45, 7) is -0.491. The number of carbonyl (C=O) groups is 2. The summed E-state index contributed by atoms with van der Waals surface area (Å²) in [7, 11) is -1.61. The summed E-state index contributed by atoms with van der Waals surface area (Å²) >= 11 is 1.20. The van der Waals surface area contributed by atoms with Crippen molar-refractivity contribution in [2.24, 2.45) is 0 Å². The smallest absolute Gasteiger partial charge is 0.358 e. The molecule has 2 heterocycles. The Morgan fingerprint density at radius 3 is 2.67 bits per heavy atom. The van der Waals surface area contributed by atoms with Gasteiger partial charge < -0.3 is 9.64 Å². The van der Waals surface area contributed by atoms with Crippen LogP contribution in [0.1, 0.15) is 16.9 Å². The molecule has 0 bridgehead atoms. The van der Waals surface area contributed by atoms with E-state index < -0.39 is 34.4 Å². The molecule has 0 unspecified atom stereocenters. The predicted molar refractivity (Wildman–Crippen MR) is 97.6 cm³/mol. The molecule has 1 amide bonds. The van der Waals surface area contributed by atoms with Crippen LogP contribution in [0.25, 0.3) is 10.6 Å². The molecule has 2 aromatic rings. The highest BCUT2D eigenvalue weighted by atomic mass is 32.2. The van der Waals surface area contributed by atoms with Gasteiger partial charge in [-0.3, -0.25) is 4.79 Å². The van der Waals surface area contributed by atoms with Gasteiger partial charge in [0.2, 0.25) is 0 Å². The van der Waals surface area contributed by atoms with Crippen LogP contribution in [0, 0.1) is 5.82 Å². The number of aromatic nitrogens is 1. The molecule has 1 aliphatic rings. The molecule has 0 radical (unpaired) electrons. The van der Waals surface area contributed by atoms with Crippen LogP contribution in [0.15, 0.2) is 29.6 Å². The predicted octanol–water partition coefficient (Wildman–Crippen LogP) is 1.75. The number of benzene rings is 1. The fraction of sp³-hybridized carbons (Fsp3) is 0.353. The summed E-state index contributed by atoms with van der Waals surface area (Å²) in [5.41, 5.74) is 0.719. The summed E-state index contributed by atoms with van der Waals surface area (Å²) in [6, 6.07) is 5.30. The second-order valence-corrected chi connectivity index (χ2v) is 9.27. The molecule has 1 aromatic heterocycles. The number of rotatable bonds is 5. The quantitative estimate of drug-likeness (QED) is 0.695. The number of ether oxygens (including phenoxy) is 1. The molecular formula is C17H17FN2O5S2. The van der Waals surface area contributed by atoms with Crippen molar-refractivity contribution < 1.29 is 27.1 Å². The third kappa shape index (κ3) is 4.69. The number of likely N-dealkylation sites (N-methyl/N-ethyl adjacent to an activating group) is 1. The molecule has 10 heteroatoms. The van der Waals surface area contributed by atoms with E-state index in [1.165, 1.54) is 40.8 Å². The summed E-state index contributed by atoms with van der Waals surface area (Å²) in [4.78, 5) is 29.7. The highest BCUT2D eigenvalue weighted by Gasteiger charge is 2.33. The minimum Gasteiger partial charge on any atom is -0.451 e. The van der Waals surface area contributed by atoms with Gasteiger partial charge in [-0.15, -0.1) is 11.3 Å². The zero-order chi connectivity index (χ0) is 19.6. The molecule has 0 spiro atoms. The molecular weight excluding hydrogens is 395 g/mol. The minimum atomic E-state index is -3.11. The van der Waals surface area contributed by atoms with Crippen LogP contribution in [0.5, 0.6) is 0 Å². The van der Waals surface area contributed by atoms with Gasteiger partial charge in [0.15, 0.2) is 22.1 Å². The zero-order valence-corrected chi connectivity index (χ0v) is 16.1. The number of esters is 1. The molecule has 0 saturated carbocycles. The molecule has 3 rings (SSSR count). The van der Waals surface area contributed by atoms with Crippen molar-refractivity contribution in [3.63, 3.8) is 0 Å². The maximum atomic E-state index is 13.0. The Balaban J connectivity index is 1.56. The lowest BCUT2D eigenvalue weighted by atomic mass is 10.2. The van der Waals surface area contributed by atoms with Crippen LogP contribution >= 0.6 is 11.3 Å². The Morgan fingerprint density at radius 2 is 2.04 bits per heavy atom. The van der Waals surface area contributed by atoms with Crippen molar-refractivity contribution in [3.05, 3.63) is 41.2 Å². The van der Waals surface area contributed by atoms with Crippen LogP contribution in [-0.2, 0) is 19.4 Å². The van der Waals surface area contributed by atoms with E-state index in [9.17, 15) is 22.4 Å². The number of carbonyl (C=O) groups excluding carboxylic acids is 2. The molecule has 144 valence electrons. The molecule has 27 heavy (non-hydrogen) atoms. The number of amides is 1. The first-order valence-electron chi connectivity index (χ1n) is 8.10. The van der Waals surface area contributed by atoms with E-state index >= 15 is 0 Å². The van der Waals surface area contributed by atoms with E-state index in [-0.39, 0.29) is 23.0 Å². The molecule has 7 nitrogen and oxygen atoms in total. The molecule has 1 atom stereocenters. The second kappa shape index (κ2) is 7.73. The summed E-state index contributed by atoms with van der Waals surface area (Å²) in [6.07, 6.45) is 0.381. The number of hydrogen-bond acceptors (Lipinski definition) is 7. The number of hydrogen-bond donors (Lipinski definition) is 0. The van der Waals surface area contributed by atoms with Crippen LogP contribution < -0.4 is 0 Å². The Bertz CT molecular complexity index is 956. The van der Waals surface area contributed by atoms with Crippen molar-refractivity contribution in [3.8, 4) is 10.6 Å². The molecule has 1 aliphatic heterocycles. The largest absolute Gasteiger partial charge is 0.451 e. The van der Waals surface area contributed by atoms with Crippen molar-refractivity contribution >= 4 is 33.1 Å². The van der Waals surface area contributed by atoms with Gasteiger partial charge >= 0.3 is 5.97 Å². The number of nitrogens with zero attached hydrogens (tertiary/aromatic N) is 2. The zero-order valence-electron chi connectivity index (χ0n) is 14.4. The standard InChI is InChI=1S/C17H17FN2O5S2/c1-20(13-6-7-27(23,24)10-13)15(21)8-25-17(22)14-9-26-16(19-14)11-2-4-12(18)5-3-11/h2-5,9,13H,6-8,10H2,1H3/t13-/m0/s1. The minimum absolute atomic E-state index is 0.0539. The van der Waals surface area contributed by atoms with E-state index in [2.05, 4.69) is 4.98 Å². The SMILES string of the molecule is CN(C(=O)COC(=O)c1csc(-c2ccc(F)cc2)n1)[C@H]1CCS(=O)(=O)C1. The number of thiazole rings is 1. The highest BCUT2D eigenvalue weighted by molar-refractivity contribution is 7.91. The van der Waals surface area contributed by atoms with Crippen LogP contribution in [0.3, 0.4) is 0 Å². The molecule has 0 N–H and O–H groups in total. The lowest BCUT2D eigenvalue weighted by Gasteiger charge is -2.22. The first-order chi connectivity index (χ1) is 12.7. The van der Waals surface area contributed by atoms with Gasteiger partial charge in [0, 0.05) is 24.0 Å². The van der Waals surface area contributed by atoms with Gasteiger partial charge in [-0.1, -0.05) is 0 Å². The van der Waals surface area contributed by atoms with Gasteiger partial charge in [0.25, 0.3) is 5.91 Å². The summed E-state index contributed by atoms with van der Waals surface area (Å²) in [5, 5.41) is 2.03. The average Bonchev–Trinajstić information content (AvgIpc) is 3.26. The van der Waals surface area contributed by atoms with Crippen LogP contribution in [0.4, 0.5) is 4.39 Å². The van der Waals surface area contributed by atoms with Gasteiger partial charge in [0.1, 0.15) is 10.8 Å². The van der Waals surface area contributed by atoms with Crippen LogP contribution in [-0.4, -0.2) is 61.4 Å². The highest BCUT2D eigenvalue weighted by Crippen LogP contribution is 2.24. The van der Waals surface area contributed by atoms with E-state index in [0.717, 1.165) is 0 Å². The maximum absolute atomic E-state index is 13.0. The Labute approximate surface area is 159 Å². The van der Waals surface area contributed by atoms with Crippen molar-refractivity contribution in [2.75, 3.05) is 25.2 Å². The van der Waals surface area contributed by atoms with E-state index in [1.54, 1.807) is 12.1 Å². The normalized spacial score (nSPS) is 18.2. The Hall–Kier alpha value is -2.33. The van der Waals surface area contributed by atoms with Gasteiger partial charge in [-0.2, -0.15) is 0 Å². The fourth-order valence-electron chi connectivity index (χ4n) is 2.68. The first kappa shape index (κ1) is 19.4. The van der Waals surface area contributed by atoms with Crippen molar-refractivity contribution in [1.29, 1.82) is 0 Å². The lowest BCUT2D eigenvalue weighted by Crippen LogP contribution is -2.40. The third-order valence-corrected chi connectivity index (χ3v) is 6.92. The second-order valence-electron chi connectivity index (χ2n) is 6.18. The number of sulfone groups is 1. The Kier molecular flexibility index (Phi) is 5.56. The van der Waals surface area contributed by atoms with Crippen molar-refractivity contribution in [2.45, 2.75) is 12.5 Å². The van der Waals surface area contributed by atoms with E-state index in [1.807, 2.05) is 0 Å². The molecule has 0 aliphatic carbocycles. The Morgan fingerprint density at radius 1 is 1.33 bits per heavy atom. The first-order valence-corrected chi connectivity index (χ1v) is 10.8. The van der Waals surface area contributed by atoms with E-state index in [0.29, 0.717) is 17.0 Å². The van der Waals surface area contributed by atoms with Crippen molar-refractivity contribution in [1.82, 2.24) is 9.88 Å². The monoisotopic (exact) mass is 412 g/mol. The summed E-state index contributed by atoms with van der Waals surface area (Å²) in [5.74, 6) is -1.61. The molecule has 1 aromatic carbocycles. The lowest BCUT2D eigenvalue weighted by molar-refractivity contribution is -0.134. The number of halogens is 1. The summed E-state index contributed by atoms with van der Waals surface area (Å²) < 4.78 is 41.0. The molecule has 1 fully saturated rings. The third-order valence-electron chi connectivity index (χ3n) is 4.28. The van der Waals surface area contributed by atoms with Gasteiger partial charge in [0.05, 0.1) is 11.5 Å². The van der Waals surface area contributed by atoms with Gasteiger partial charge in [-0.25, -0.2) is 22.6 Å². The molecule has 1 saturated heterocycles. The van der Waals surface area contributed by atoms with Gasteiger partial charge in [-0.05, 0) is 30.7 Å². The fourth-order valence-corrected chi connectivity index (χ4v) is 5.25. The van der Waals surface area contributed by atoms with Crippen LogP contribution in [0.2, 0.25) is 0 Å². The maximum Gasteiger partial charge on any atom is 0.358 e. The average molecular weight is 412 g/mol.